The van der Waals surface area contributed by atoms with Gasteiger partial charge in [0.1, 0.15) is 17.5 Å². The Bertz CT molecular complexity index is 4280. The molecule has 10 aromatic rings. The summed E-state index contributed by atoms with van der Waals surface area (Å²) in [4.78, 5) is 76.7. The van der Waals surface area contributed by atoms with Gasteiger partial charge in [-0.1, -0.05) is 171 Å². The number of nitrogen functional groups attached to an aromatic ring is 1. The van der Waals surface area contributed by atoms with E-state index in [0.717, 1.165) is 168 Å². The highest BCUT2D eigenvalue weighted by Crippen LogP contribution is 2.24. The third-order valence-electron chi connectivity index (χ3n) is 20.5. The van der Waals surface area contributed by atoms with Crippen LogP contribution >= 0.6 is 0 Å². The Morgan fingerprint density at radius 1 is 0.375 bits per heavy atom. The highest BCUT2D eigenvalue weighted by atomic mass is 16.5. The second kappa shape index (κ2) is 54.2. The minimum absolute atomic E-state index is 0.117. The van der Waals surface area contributed by atoms with Gasteiger partial charge in [0.2, 0.25) is 29.7 Å². The molecule has 0 bridgehead atoms. The van der Waals surface area contributed by atoms with E-state index in [9.17, 15) is 10.2 Å². The average molecular weight is 1640 g/mol. The number of nitrogens with two attached hydrogens (primary N) is 1. The number of anilines is 5. The summed E-state index contributed by atoms with van der Waals surface area (Å²) in [6, 6.07) is 20.8. The van der Waals surface area contributed by atoms with Crippen molar-refractivity contribution in [2.24, 2.45) is 5.92 Å². The van der Waals surface area contributed by atoms with Crippen LogP contribution in [0.5, 0.6) is 0 Å². The molecule has 26 nitrogen and oxygen atoms in total. The Labute approximate surface area is 715 Å². The standard InChI is InChI=1S/C15H19N3.C15H18N2.C13H20N2O.2C12H19N3O.C10H17N3O.C10H16N2O.C7H11N3/c1-12(2)14-9-16-15(17-10-14)18(3)11-13-7-5-4-6-8-13;1-12(2)14-10-16-15(17-11-14)9-8-13-6-4-3-5-7-13;1-10(2)12-8-14-13(15-9-12)7-11-3-5-16-6-4-11;1-9(2)10-7-13-12(14-8-10)15-5-3-11(16)4-6-15;1-9(2)10-6-13-12(14-7-10)15-5-3-4-11(16)8-15;1-8(2)9-6-11-10(12-7-9)13(3)4-5-14;1-8(2)9-6-11-10(12-7-9)4-3-5-13;1-5(2)6-3-9-7(8)10-4-6/h4-10,12H,11H2,1-3H3;3-7,10-12H,8-9H2,1-2H3;8-11H,3-7H2,1-2H3;7-9,11,16H,3-6H2,1-2H3;6-7,9,11,16H,3-5,8H2,1-2H3;6-8,14H,4-5H2,1-3H3;6-8,13H,3-5H2,1-2H3;3-5H,1-2H3,(H2,8,9,10). The number of ether oxygens (including phenoxy) is 1. The van der Waals surface area contributed by atoms with Crippen LogP contribution in [0.4, 0.5) is 29.7 Å². The van der Waals surface area contributed by atoms with Crippen LogP contribution in [0.1, 0.15) is 276 Å². The van der Waals surface area contributed by atoms with Crippen molar-refractivity contribution in [3.8, 4) is 0 Å². The molecule has 3 fully saturated rings. The molecule has 3 aliphatic heterocycles. The maximum Gasteiger partial charge on any atom is 0.225 e. The maximum atomic E-state index is 9.59. The van der Waals surface area contributed by atoms with Gasteiger partial charge in [0.15, 0.2) is 0 Å². The van der Waals surface area contributed by atoms with Crippen molar-refractivity contribution in [1.29, 1.82) is 0 Å². The highest BCUT2D eigenvalue weighted by molar-refractivity contribution is 5.35. The normalized spacial score (nSPS) is 14.1. The molecule has 0 spiro atoms. The quantitative estimate of drug-likeness (QED) is 0.0375. The highest BCUT2D eigenvalue weighted by Gasteiger charge is 2.22. The van der Waals surface area contributed by atoms with Gasteiger partial charge in [0.25, 0.3) is 0 Å². The van der Waals surface area contributed by atoms with Gasteiger partial charge in [-0.2, -0.15) is 0 Å². The molecule has 26 heteroatoms. The summed E-state index contributed by atoms with van der Waals surface area (Å²) in [7, 11) is 3.87. The lowest BCUT2D eigenvalue weighted by molar-refractivity contribution is 0.0659. The fraction of sp³-hybridized carbons (Fsp3) is 0.532. The minimum atomic E-state index is -0.234. The first kappa shape index (κ1) is 98.7. The van der Waals surface area contributed by atoms with Gasteiger partial charge < -0.3 is 50.5 Å². The molecular formula is C94H139N21O5. The zero-order chi connectivity index (χ0) is 87.3. The molecule has 0 radical (unpaired) electrons. The summed E-state index contributed by atoms with van der Waals surface area (Å²) >= 11 is 0. The van der Waals surface area contributed by atoms with Gasteiger partial charge in [0, 0.05) is 192 Å². The van der Waals surface area contributed by atoms with Crippen LogP contribution in [0, 0.1) is 5.92 Å². The van der Waals surface area contributed by atoms with Crippen LogP contribution in [0.15, 0.2) is 160 Å². The molecular weight excluding hydrogens is 1500 g/mol. The molecule has 8 aromatic heterocycles. The molecule has 1 unspecified atom stereocenters. The van der Waals surface area contributed by atoms with E-state index >= 15 is 0 Å². The van der Waals surface area contributed by atoms with Crippen molar-refractivity contribution >= 4 is 29.7 Å². The molecule has 6 N–H and O–H groups in total. The predicted molar refractivity (Wildman–Crippen MR) is 484 cm³/mol. The van der Waals surface area contributed by atoms with Crippen LogP contribution in [-0.2, 0) is 37.0 Å². The fourth-order valence-corrected chi connectivity index (χ4v) is 12.0. The van der Waals surface area contributed by atoms with E-state index in [1.807, 2.05) is 130 Å². The van der Waals surface area contributed by atoms with E-state index in [4.69, 9.17) is 20.7 Å². The number of likely N-dealkylation sites (N-methyl/N-ethyl adjacent to an activating group) is 1. The zero-order valence-corrected chi connectivity index (χ0v) is 74.9. The van der Waals surface area contributed by atoms with Gasteiger partial charge in [0.05, 0.1) is 18.8 Å². The summed E-state index contributed by atoms with van der Waals surface area (Å²) in [5.74, 6) is 10.5. The van der Waals surface area contributed by atoms with Crippen molar-refractivity contribution in [2.75, 3.05) is 98.6 Å². The lowest BCUT2D eigenvalue weighted by Gasteiger charge is -2.30. The first-order chi connectivity index (χ1) is 57.6. The summed E-state index contributed by atoms with van der Waals surface area (Å²) in [6.45, 7) is 40.9. The van der Waals surface area contributed by atoms with E-state index in [1.54, 1.807) is 12.4 Å². The molecule has 650 valence electrons. The number of hydrogen-bond acceptors (Lipinski definition) is 26. The number of aliphatic hydroxyl groups excluding tert-OH is 4. The van der Waals surface area contributed by atoms with Crippen molar-refractivity contribution in [1.82, 2.24) is 79.7 Å². The number of rotatable bonds is 24. The number of aliphatic hydroxyl groups is 4. The van der Waals surface area contributed by atoms with Crippen LogP contribution in [0.25, 0.3) is 0 Å². The molecule has 1 atom stereocenters. The lowest BCUT2D eigenvalue weighted by Crippen LogP contribution is -2.39. The molecule has 13 rings (SSSR count). The molecule has 2 aromatic carbocycles. The van der Waals surface area contributed by atoms with Gasteiger partial charge in [-0.3, -0.25) is 0 Å². The average Bonchev–Trinajstić information content (AvgIpc) is 0.846. The second-order valence-corrected chi connectivity index (χ2v) is 33.2. The molecule has 0 saturated carbocycles. The van der Waals surface area contributed by atoms with Crippen LogP contribution in [0.2, 0.25) is 0 Å². The molecule has 11 heterocycles. The van der Waals surface area contributed by atoms with Crippen molar-refractivity contribution in [2.45, 2.75) is 248 Å². The third-order valence-corrected chi connectivity index (χ3v) is 20.5. The Kier molecular flexibility index (Phi) is 44.6. The number of β-amino-alcohol motifs (C(OH)–C–C–N with tert-alkyl or cyclic N) is 1. The van der Waals surface area contributed by atoms with Gasteiger partial charge in [-0.05, 0) is 160 Å². The Balaban J connectivity index is 0.000000214. The van der Waals surface area contributed by atoms with Crippen LogP contribution < -0.4 is 25.3 Å². The minimum Gasteiger partial charge on any atom is -0.396 e. The summed E-state index contributed by atoms with van der Waals surface area (Å²) < 4.78 is 5.35. The van der Waals surface area contributed by atoms with Crippen molar-refractivity contribution < 1.29 is 25.2 Å². The van der Waals surface area contributed by atoms with E-state index in [0.29, 0.717) is 78.2 Å². The fourth-order valence-electron chi connectivity index (χ4n) is 12.0. The van der Waals surface area contributed by atoms with Crippen LogP contribution in [-0.4, -0.2) is 186 Å². The molecule has 0 amide bonds. The molecule has 0 aliphatic carbocycles. The number of aromatic nitrogens is 16. The van der Waals surface area contributed by atoms with Gasteiger partial charge in [-0.15, -0.1) is 0 Å². The first-order valence-corrected chi connectivity index (χ1v) is 43.0. The van der Waals surface area contributed by atoms with Crippen LogP contribution in [0.3, 0.4) is 0 Å². The van der Waals surface area contributed by atoms with Gasteiger partial charge in [-0.25, -0.2) is 79.7 Å². The monoisotopic (exact) mass is 1640 g/mol. The Hall–Kier alpha value is -10.1. The maximum absolute atomic E-state index is 9.59. The summed E-state index contributed by atoms with van der Waals surface area (Å²) in [5.41, 5.74) is 17.2. The van der Waals surface area contributed by atoms with E-state index in [2.05, 4.69) is 242 Å². The predicted octanol–water partition coefficient (Wildman–Crippen LogP) is 16.0. The van der Waals surface area contributed by atoms with E-state index in [1.165, 1.54) is 33.4 Å². The SMILES string of the molecule is CC(C)c1cnc(CC2CCOCC2)nc1.CC(C)c1cnc(CCCO)nc1.CC(C)c1cnc(CCc2ccccc2)nc1.CC(C)c1cnc(N(C)CCO)nc1.CC(C)c1cnc(N(C)Cc2ccccc2)nc1.CC(C)c1cnc(N)nc1.CC(C)c1cnc(N2CCC(O)CC2)nc1.CC(C)c1cnc(N2CCCC(O)C2)nc1. The summed E-state index contributed by atoms with van der Waals surface area (Å²) in [6.07, 6.45) is 40.0. The number of hydrogen-bond donors (Lipinski definition) is 5. The van der Waals surface area contributed by atoms with Gasteiger partial charge >= 0.3 is 0 Å². The number of aryl methyl sites for hydroxylation is 3. The smallest absolute Gasteiger partial charge is 0.225 e. The summed E-state index contributed by atoms with van der Waals surface area (Å²) in [5, 5.41) is 36.4. The topological polar surface area (TPSA) is 335 Å². The largest absolute Gasteiger partial charge is 0.396 e. The molecule has 120 heavy (non-hydrogen) atoms. The van der Waals surface area contributed by atoms with E-state index < -0.39 is 0 Å². The molecule has 3 aliphatic rings. The van der Waals surface area contributed by atoms with E-state index in [-0.39, 0.29) is 25.4 Å². The lowest BCUT2D eigenvalue weighted by atomic mass is 9.96. The zero-order valence-electron chi connectivity index (χ0n) is 74.9. The Morgan fingerprint density at radius 3 is 1.11 bits per heavy atom. The number of nitrogens with zero attached hydrogens (tertiary/aromatic N) is 20. The Morgan fingerprint density at radius 2 is 0.725 bits per heavy atom. The van der Waals surface area contributed by atoms with Crippen molar-refractivity contribution in [3.63, 3.8) is 0 Å². The third kappa shape index (κ3) is 37.3. The molecule has 3 saturated heterocycles. The number of piperidine rings is 2. The van der Waals surface area contributed by atoms with Crippen molar-refractivity contribution in [3.05, 3.63) is 233 Å². The second-order valence-electron chi connectivity index (χ2n) is 33.2. The first-order valence-electron chi connectivity index (χ1n) is 43.0. The number of benzene rings is 2.